The van der Waals surface area contributed by atoms with Crippen molar-refractivity contribution in [1.29, 1.82) is 0 Å². The molecule has 0 aliphatic carbocycles. The zero-order valence-corrected chi connectivity index (χ0v) is 17.6. The van der Waals surface area contributed by atoms with Crippen LogP contribution >= 0.6 is 0 Å². The van der Waals surface area contributed by atoms with Crippen LogP contribution in [0, 0.1) is 5.82 Å². The molecule has 6 nitrogen and oxygen atoms in total. The van der Waals surface area contributed by atoms with Crippen molar-refractivity contribution < 1.29 is 17.6 Å². The van der Waals surface area contributed by atoms with E-state index in [1.54, 1.807) is 12.1 Å². The minimum atomic E-state index is -3.65. The zero-order chi connectivity index (χ0) is 21.1. The fraction of sp³-hybridized carbons (Fsp3) is 0.409. The minimum Gasteiger partial charge on any atom is -0.371 e. The number of amides is 1. The lowest BCUT2D eigenvalue weighted by Gasteiger charge is -2.27. The SMILES string of the molecule is O=C(Nc1ccc(F)cc1)c1cc(S(=O)(=O)N2CCCCC2)ccc1N1CCCC1. The Balaban J connectivity index is 1.68. The van der Waals surface area contributed by atoms with E-state index < -0.39 is 15.9 Å². The van der Waals surface area contributed by atoms with Crippen molar-refractivity contribution in [2.45, 2.75) is 37.0 Å². The second kappa shape index (κ2) is 8.73. The Hall–Kier alpha value is -2.45. The number of hydrogen-bond donors (Lipinski definition) is 1. The van der Waals surface area contributed by atoms with Gasteiger partial charge in [0.05, 0.1) is 10.5 Å². The van der Waals surface area contributed by atoms with Crippen LogP contribution in [0.15, 0.2) is 47.4 Å². The first-order valence-corrected chi connectivity index (χ1v) is 11.9. The van der Waals surface area contributed by atoms with Gasteiger partial charge in [-0.05, 0) is 68.1 Å². The van der Waals surface area contributed by atoms with E-state index in [1.165, 1.54) is 34.6 Å². The van der Waals surface area contributed by atoms with Gasteiger partial charge in [0.1, 0.15) is 5.82 Å². The zero-order valence-electron chi connectivity index (χ0n) is 16.8. The highest BCUT2D eigenvalue weighted by Gasteiger charge is 2.28. The molecule has 2 aromatic rings. The summed E-state index contributed by atoms with van der Waals surface area (Å²) < 4.78 is 40.9. The van der Waals surface area contributed by atoms with Crippen LogP contribution in [0.5, 0.6) is 0 Å². The molecule has 8 heteroatoms. The lowest BCUT2D eigenvalue weighted by Crippen LogP contribution is -2.35. The Morgan fingerprint density at radius 2 is 1.50 bits per heavy atom. The molecule has 0 aromatic heterocycles. The third kappa shape index (κ3) is 4.34. The number of nitrogens with one attached hydrogen (secondary N) is 1. The van der Waals surface area contributed by atoms with Gasteiger partial charge in [0, 0.05) is 37.6 Å². The molecule has 2 saturated heterocycles. The number of halogens is 1. The van der Waals surface area contributed by atoms with Gasteiger partial charge in [-0.15, -0.1) is 0 Å². The second-order valence-corrected chi connectivity index (χ2v) is 9.74. The summed E-state index contributed by atoms with van der Waals surface area (Å²) in [5, 5.41) is 2.77. The van der Waals surface area contributed by atoms with Crippen LogP contribution in [0.1, 0.15) is 42.5 Å². The van der Waals surface area contributed by atoms with E-state index in [1.807, 2.05) is 0 Å². The molecule has 2 aliphatic heterocycles. The molecule has 2 aliphatic rings. The molecule has 160 valence electrons. The molecule has 2 fully saturated rings. The summed E-state index contributed by atoms with van der Waals surface area (Å²) >= 11 is 0. The van der Waals surface area contributed by atoms with Crippen molar-refractivity contribution in [3.8, 4) is 0 Å². The third-order valence-corrected chi connectivity index (χ3v) is 7.61. The number of benzene rings is 2. The summed E-state index contributed by atoms with van der Waals surface area (Å²) in [6.45, 7) is 2.67. The number of nitrogens with zero attached hydrogens (tertiary/aromatic N) is 2. The van der Waals surface area contributed by atoms with Crippen LogP contribution in [0.2, 0.25) is 0 Å². The van der Waals surface area contributed by atoms with Gasteiger partial charge >= 0.3 is 0 Å². The van der Waals surface area contributed by atoms with E-state index in [0.717, 1.165) is 50.9 Å². The molecule has 0 unspecified atom stereocenters. The van der Waals surface area contributed by atoms with Gasteiger partial charge in [0.15, 0.2) is 0 Å². The second-order valence-electron chi connectivity index (χ2n) is 7.80. The van der Waals surface area contributed by atoms with Crippen LogP contribution in [-0.2, 0) is 10.0 Å². The average Bonchev–Trinajstić information content (AvgIpc) is 3.30. The van der Waals surface area contributed by atoms with Gasteiger partial charge in [0.2, 0.25) is 10.0 Å². The standard InChI is InChI=1S/C22H26FN3O3S/c23-17-6-8-18(9-7-17)24-22(27)20-16-19(10-11-21(20)25-12-4-5-13-25)30(28,29)26-14-2-1-3-15-26/h6-11,16H,1-5,12-15H2,(H,24,27). The molecular formula is C22H26FN3O3S. The number of carbonyl (C=O) groups excluding carboxylic acids is 1. The third-order valence-electron chi connectivity index (χ3n) is 5.71. The molecule has 2 heterocycles. The smallest absolute Gasteiger partial charge is 0.257 e. The van der Waals surface area contributed by atoms with Gasteiger partial charge in [0.25, 0.3) is 5.91 Å². The molecule has 4 rings (SSSR count). The van der Waals surface area contributed by atoms with E-state index in [0.29, 0.717) is 24.3 Å². The van der Waals surface area contributed by atoms with Crippen LogP contribution in [0.3, 0.4) is 0 Å². The Labute approximate surface area is 176 Å². The van der Waals surface area contributed by atoms with Gasteiger partial charge in [-0.1, -0.05) is 6.42 Å². The molecule has 1 amide bonds. The Morgan fingerprint density at radius 1 is 0.867 bits per heavy atom. The first kappa shape index (κ1) is 20.8. The predicted molar refractivity (Wildman–Crippen MR) is 115 cm³/mol. The molecule has 0 bridgehead atoms. The van der Waals surface area contributed by atoms with Gasteiger partial charge in [-0.25, -0.2) is 12.8 Å². The van der Waals surface area contributed by atoms with E-state index in [2.05, 4.69) is 10.2 Å². The summed E-state index contributed by atoms with van der Waals surface area (Å²) in [5.41, 5.74) is 1.50. The average molecular weight is 432 g/mol. The van der Waals surface area contributed by atoms with Crippen molar-refractivity contribution >= 4 is 27.3 Å². The maximum atomic E-state index is 13.2. The van der Waals surface area contributed by atoms with Crippen LogP contribution in [0.25, 0.3) is 0 Å². The number of sulfonamides is 1. The Kier molecular flexibility index (Phi) is 6.06. The van der Waals surface area contributed by atoms with Gasteiger partial charge in [-0.3, -0.25) is 4.79 Å². The van der Waals surface area contributed by atoms with Crippen LogP contribution in [0.4, 0.5) is 15.8 Å². The van der Waals surface area contributed by atoms with Crippen LogP contribution < -0.4 is 10.2 Å². The normalized spacial score (nSPS) is 17.8. The van der Waals surface area contributed by atoms with E-state index >= 15 is 0 Å². The summed E-state index contributed by atoms with van der Waals surface area (Å²) in [7, 11) is -3.65. The van der Waals surface area contributed by atoms with Crippen molar-refractivity contribution in [2.75, 3.05) is 36.4 Å². The molecular weight excluding hydrogens is 405 g/mol. The molecule has 0 saturated carbocycles. The minimum absolute atomic E-state index is 0.136. The van der Waals surface area contributed by atoms with Crippen LogP contribution in [-0.4, -0.2) is 44.8 Å². The monoisotopic (exact) mass is 431 g/mol. The quantitative estimate of drug-likeness (QED) is 0.781. The van der Waals surface area contributed by atoms with E-state index in [9.17, 15) is 17.6 Å². The molecule has 1 N–H and O–H groups in total. The summed E-state index contributed by atoms with van der Waals surface area (Å²) in [4.78, 5) is 15.3. The molecule has 30 heavy (non-hydrogen) atoms. The molecule has 0 radical (unpaired) electrons. The summed E-state index contributed by atoms with van der Waals surface area (Å²) in [6.07, 6.45) is 4.80. The van der Waals surface area contributed by atoms with E-state index in [-0.39, 0.29) is 10.7 Å². The van der Waals surface area contributed by atoms with Gasteiger partial charge in [-0.2, -0.15) is 4.31 Å². The number of hydrogen-bond acceptors (Lipinski definition) is 4. The Morgan fingerprint density at radius 3 is 2.17 bits per heavy atom. The fourth-order valence-electron chi connectivity index (χ4n) is 4.08. The first-order valence-electron chi connectivity index (χ1n) is 10.4. The van der Waals surface area contributed by atoms with Crippen molar-refractivity contribution in [3.63, 3.8) is 0 Å². The number of piperidine rings is 1. The topological polar surface area (TPSA) is 69.7 Å². The Bertz CT molecular complexity index is 1010. The maximum Gasteiger partial charge on any atom is 0.257 e. The predicted octanol–water partition coefficient (Wildman–Crippen LogP) is 3.85. The van der Waals surface area contributed by atoms with Crippen molar-refractivity contribution in [3.05, 3.63) is 53.8 Å². The lowest BCUT2D eigenvalue weighted by atomic mass is 10.1. The lowest BCUT2D eigenvalue weighted by molar-refractivity contribution is 0.102. The molecule has 2 aromatic carbocycles. The highest BCUT2D eigenvalue weighted by Crippen LogP contribution is 2.30. The molecule has 0 atom stereocenters. The largest absolute Gasteiger partial charge is 0.371 e. The number of anilines is 2. The van der Waals surface area contributed by atoms with E-state index in [4.69, 9.17) is 0 Å². The number of carbonyl (C=O) groups is 1. The van der Waals surface area contributed by atoms with Gasteiger partial charge < -0.3 is 10.2 Å². The van der Waals surface area contributed by atoms with Crippen molar-refractivity contribution in [1.82, 2.24) is 4.31 Å². The summed E-state index contributed by atoms with van der Waals surface area (Å²) in [5.74, 6) is -0.792. The first-order chi connectivity index (χ1) is 14.4. The highest BCUT2D eigenvalue weighted by molar-refractivity contribution is 7.89. The maximum absolute atomic E-state index is 13.2. The summed E-state index contributed by atoms with van der Waals surface area (Å²) in [6, 6.07) is 10.3. The number of rotatable bonds is 5. The highest BCUT2D eigenvalue weighted by atomic mass is 32.2. The fourth-order valence-corrected chi connectivity index (χ4v) is 5.62. The van der Waals surface area contributed by atoms with Crippen molar-refractivity contribution in [2.24, 2.45) is 0 Å². The molecule has 0 spiro atoms.